The van der Waals surface area contributed by atoms with Gasteiger partial charge in [-0.15, -0.1) is 0 Å². The highest BCUT2D eigenvalue weighted by Gasteiger charge is 2.54. The van der Waals surface area contributed by atoms with Crippen molar-refractivity contribution in [2.45, 2.75) is 101 Å². The molecule has 0 saturated carbocycles. The average Bonchev–Trinajstić information content (AvgIpc) is 3.38. The maximum atomic E-state index is 11.1. The number of hydrogen-bond donors (Lipinski definition) is 1. The lowest BCUT2D eigenvalue weighted by Gasteiger charge is -2.50. The number of aliphatic hydroxyl groups is 1. The van der Waals surface area contributed by atoms with E-state index in [9.17, 15) is 5.11 Å². The summed E-state index contributed by atoms with van der Waals surface area (Å²) in [6, 6.07) is 59.5. The van der Waals surface area contributed by atoms with Gasteiger partial charge in [-0.2, -0.15) is 0 Å². The zero-order chi connectivity index (χ0) is 45.2. The molecule has 0 unspecified atom stereocenters. The van der Waals surface area contributed by atoms with Gasteiger partial charge < -0.3 is 52.5 Å². The van der Waals surface area contributed by atoms with Gasteiger partial charge in [-0.05, 0) is 33.4 Å². The summed E-state index contributed by atoms with van der Waals surface area (Å²) in [7, 11) is 1.59. The van der Waals surface area contributed by atoms with Gasteiger partial charge in [0, 0.05) is 7.11 Å². The Balaban J connectivity index is 1.16. The fourth-order valence-corrected chi connectivity index (χ4v) is 8.29. The van der Waals surface area contributed by atoms with Gasteiger partial charge in [0.1, 0.15) is 48.8 Å². The van der Waals surface area contributed by atoms with Gasteiger partial charge in [-0.25, -0.2) is 0 Å². The minimum atomic E-state index is -1.13. The van der Waals surface area contributed by atoms with Crippen LogP contribution in [-0.2, 0) is 87.0 Å². The van der Waals surface area contributed by atoms with Crippen LogP contribution in [0.2, 0.25) is 0 Å². The molecule has 2 fully saturated rings. The second kappa shape index (κ2) is 25.1. The van der Waals surface area contributed by atoms with Crippen molar-refractivity contribution in [3.05, 3.63) is 215 Å². The molecule has 2 aliphatic heterocycles. The van der Waals surface area contributed by atoms with Gasteiger partial charge in [0.25, 0.3) is 0 Å². The molecule has 2 saturated heterocycles. The molecular formula is C55H60O11. The normalized spacial score (nSPS) is 25.4. The zero-order valence-electron chi connectivity index (χ0n) is 37.3. The zero-order valence-corrected chi connectivity index (χ0v) is 37.3. The highest BCUT2D eigenvalue weighted by Crippen LogP contribution is 2.36. The van der Waals surface area contributed by atoms with Gasteiger partial charge in [0.05, 0.1) is 52.9 Å². The fraction of sp³-hybridized carbons (Fsp3) is 0.345. The maximum absolute atomic E-state index is 11.1. The first-order chi connectivity index (χ1) is 32.6. The Labute approximate surface area is 388 Å². The second-order valence-electron chi connectivity index (χ2n) is 16.4. The van der Waals surface area contributed by atoms with Crippen LogP contribution in [-0.4, -0.2) is 86.8 Å². The lowest BCUT2D eigenvalue weighted by molar-refractivity contribution is -0.375. The highest BCUT2D eigenvalue weighted by molar-refractivity contribution is 5.18. The standard InChI is InChI=1S/C55H60O11/c1-57-54-52(62-37-44-28-16-6-17-29-44)51(61-36-43-26-14-5-15-27-43)49(47(65-54)39-58-33-40-20-8-2-9-21-40)66-55-53(63-38-45-30-18-7-19-31-45)50(60-35-42-24-12-4-13-25-42)48(46(32-56)64-55)59-34-41-22-10-3-11-23-41/h2-31,46-56H,32-39H2,1H3/t46-,47-,48-,49-,50+,51+,52-,53-,54+,55-/m1/s1. The van der Waals surface area contributed by atoms with E-state index in [0.717, 1.165) is 33.4 Å². The van der Waals surface area contributed by atoms with E-state index in [2.05, 4.69) is 0 Å². The Bertz CT molecular complexity index is 2220. The molecule has 2 heterocycles. The van der Waals surface area contributed by atoms with Gasteiger partial charge in [-0.3, -0.25) is 0 Å². The van der Waals surface area contributed by atoms with Crippen LogP contribution in [0.15, 0.2) is 182 Å². The third kappa shape index (κ3) is 13.3. The second-order valence-corrected chi connectivity index (χ2v) is 16.4. The molecule has 0 aromatic heterocycles. The maximum Gasteiger partial charge on any atom is 0.187 e. The number of benzene rings is 6. The lowest BCUT2D eigenvalue weighted by Crippen LogP contribution is -2.66. The van der Waals surface area contributed by atoms with Crippen molar-refractivity contribution in [2.24, 2.45) is 0 Å². The SMILES string of the molecule is CO[C@H]1O[C@H](COCc2ccccc2)[C@@H](O[C@H]2O[C@H](CO)[C@@H](OCc3ccccc3)[C@H](OCc3ccccc3)[C@H]2OCc2ccccc2)[C@H](OCc2ccccc2)[C@H]1OCc1ccccc1. The molecule has 0 spiro atoms. The van der Waals surface area contributed by atoms with Crippen molar-refractivity contribution in [1.82, 2.24) is 0 Å². The van der Waals surface area contributed by atoms with E-state index < -0.39 is 61.4 Å². The molecule has 11 nitrogen and oxygen atoms in total. The number of aliphatic hydroxyl groups excluding tert-OH is 1. The summed E-state index contributed by atoms with van der Waals surface area (Å²) in [6.07, 6.45) is -8.52. The van der Waals surface area contributed by atoms with Crippen molar-refractivity contribution >= 4 is 0 Å². The highest BCUT2D eigenvalue weighted by atomic mass is 16.8. The van der Waals surface area contributed by atoms with Crippen molar-refractivity contribution in [2.75, 3.05) is 20.3 Å². The molecule has 8 rings (SSSR count). The third-order valence-corrected chi connectivity index (χ3v) is 11.7. The first-order valence-corrected chi connectivity index (χ1v) is 22.6. The Morgan fingerprint density at radius 3 is 1.06 bits per heavy atom. The number of hydrogen-bond acceptors (Lipinski definition) is 11. The van der Waals surface area contributed by atoms with Crippen molar-refractivity contribution in [3.63, 3.8) is 0 Å². The summed E-state index contributed by atoms with van der Waals surface area (Å²) < 4.78 is 67.6. The Kier molecular flexibility index (Phi) is 18.0. The van der Waals surface area contributed by atoms with Crippen molar-refractivity contribution in [3.8, 4) is 0 Å². The minimum Gasteiger partial charge on any atom is -0.394 e. The van der Waals surface area contributed by atoms with Crippen LogP contribution in [0.1, 0.15) is 33.4 Å². The van der Waals surface area contributed by atoms with Crippen LogP contribution in [0, 0.1) is 0 Å². The molecule has 0 radical (unpaired) electrons. The third-order valence-electron chi connectivity index (χ3n) is 11.7. The van der Waals surface area contributed by atoms with E-state index in [1.165, 1.54) is 0 Å². The molecule has 346 valence electrons. The predicted molar refractivity (Wildman–Crippen MR) is 247 cm³/mol. The average molecular weight is 897 g/mol. The summed E-state index contributed by atoms with van der Waals surface area (Å²) >= 11 is 0. The topological polar surface area (TPSA) is 113 Å². The van der Waals surface area contributed by atoms with Crippen LogP contribution in [0.4, 0.5) is 0 Å². The molecule has 0 bridgehead atoms. The number of ether oxygens (including phenoxy) is 10. The summed E-state index contributed by atoms with van der Waals surface area (Å²) in [4.78, 5) is 0. The van der Waals surface area contributed by atoms with E-state index >= 15 is 0 Å². The van der Waals surface area contributed by atoms with E-state index in [4.69, 9.17) is 47.4 Å². The summed E-state index contributed by atoms with van der Waals surface area (Å²) in [5.74, 6) is 0. The first kappa shape index (κ1) is 47.4. The van der Waals surface area contributed by atoms with Gasteiger partial charge >= 0.3 is 0 Å². The quantitative estimate of drug-likeness (QED) is 0.0668. The predicted octanol–water partition coefficient (Wildman–Crippen LogP) is 8.60. The number of methoxy groups -OCH3 is 1. The van der Waals surface area contributed by atoms with Crippen LogP contribution in [0.25, 0.3) is 0 Å². The van der Waals surface area contributed by atoms with Crippen LogP contribution in [0.3, 0.4) is 0 Å². The molecule has 11 heteroatoms. The Morgan fingerprint density at radius 2 is 0.682 bits per heavy atom. The van der Waals surface area contributed by atoms with Gasteiger partial charge in [0.15, 0.2) is 12.6 Å². The van der Waals surface area contributed by atoms with E-state index in [1.807, 2.05) is 182 Å². The smallest absolute Gasteiger partial charge is 0.187 e. The Hall–Kier alpha value is -5.12. The van der Waals surface area contributed by atoms with Gasteiger partial charge in [-0.1, -0.05) is 182 Å². The molecule has 0 amide bonds. The summed E-state index contributed by atoms with van der Waals surface area (Å²) in [6.45, 7) is 1.25. The molecule has 0 aliphatic carbocycles. The monoisotopic (exact) mass is 896 g/mol. The van der Waals surface area contributed by atoms with Crippen molar-refractivity contribution in [1.29, 1.82) is 0 Å². The van der Waals surface area contributed by atoms with E-state index in [1.54, 1.807) is 7.11 Å². The summed E-state index contributed by atoms with van der Waals surface area (Å²) in [5.41, 5.74) is 5.79. The largest absolute Gasteiger partial charge is 0.394 e. The van der Waals surface area contributed by atoms with Crippen LogP contribution >= 0.6 is 0 Å². The molecule has 6 aromatic carbocycles. The molecule has 6 aromatic rings. The molecule has 10 atom stereocenters. The van der Waals surface area contributed by atoms with E-state index in [-0.39, 0.29) is 46.2 Å². The number of rotatable bonds is 23. The van der Waals surface area contributed by atoms with Crippen LogP contribution in [0.5, 0.6) is 0 Å². The van der Waals surface area contributed by atoms with Crippen LogP contribution < -0.4 is 0 Å². The van der Waals surface area contributed by atoms with Gasteiger partial charge in [0.2, 0.25) is 0 Å². The summed E-state index contributed by atoms with van der Waals surface area (Å²) in [5, 5.41) is 11.1. The molecule has 2 aliphatic rings. The molecule has 1 N–H and O–H groups in total. The molecular weight excluding hydrogens is 837 g/mol. The first-order valence-electron chi connectivity index (χ1n) is 22.6. The van der Waals surface area contributed by atoms with E-state index in [0.29, 0.717) is 6.61 Å². The Morgan fingerprint density at radius 1 is 0.364 bits per heavy atom. The molecule has 66 heavy (non-hydrogen) atoms. The minimum absolute atomic E-state index is 0.110. The van der Waals surface area contributed by atoms with Crippen molar-refractivity contribution < 1.29 is 52.5 Å². The lowest BCUT2D eigenvalue weighted by atomic mass is 9.95. The fourth-order valence-electron chi connectivity index (χ4n) is 8.29.